The van der Waals surface area contributed by atoms with Crippen molar-refractivity contribution in [3.63, 3.8) is 0 Å². The van der Waals surface area contributed by atoms with Crippen molar-refractivity contribution in [2.75, 3.05) is 16.9 Å². The molecule has 3 N–H and O–H groups in total. The van der Waals surface area contributed by atoms with Crippen LogP contribution in [0.4, 0.5) is 17.3 Å². The van der Waals surface area contributed by atoms with Gasteiger partial charge in [-0.05, 0) is 18.6 Å². The number of nitrogen functional groups attached to an aromatic ring is 1. The van der Waals surface area contributed by atoms with E-state index >= 15 is 0 Å². The van der Waals surface area contributed by atoms with Crippen LogP contribution in [0.1, 0.15) is 18.9 Å². The molecule has 0 radical (unpaired) electrons. The maximum absolute atomic E-state index is 8.89. The molecule has 0 saturated carbocycles. The molecule has 6 heteroatoms. The number of nitrogens with two attached hydrogens (primary N) is 1. The van der Waals surface area contributed by atoms with Crippen LogP contribution < -0.4 is 16.2 Å². The number of aromatic nitrogens is 2. The average molecular weight is 282 g/mol. The number of hydrogen-bond acceptors (Lipinski definition) is 6. The summed E-state index contributed by atoms with van der Waals surface area (Å²) in [4.78, 5) is 10.6. The summed E-state index contributed by atoms with van der Waals surface area (Å²) < 4.78 is 0. The third-order valence-electron chi connectivity index (χ3n) is 3.18. The molecule has 0 fully saturated rings. The summed E-state index contributed by atoms with van der Waals surface area (Å²) in [7, 11) is 0. The highest BCUT2D eigenvalue weighted by molar-refractivity contribution is 5.67. The second-order valence-electron chi connectivity index (χ2n) is 4.42. The van der Waals surface area contributed by atoms with Gasteiger partial charge < -0.3 is 10.3 Å². The van der Waals surface area contributed by atoms with E-state index in [1.165, 1.54) is 6.33 Å². The molecule has 21 heavy (non-hydrogen) atoms. The van der Waals surface area contributed by atoms with Gasteiger partial charge in [0.2, 0.25) is 0 Å². The number of nitrogens with one attached hydrogen (secondary N) is 1. The van der Waals surface area contributed by atoms with Gasteiger partial charge in [-0.15, -0.1) is 0 Å². The molecule has 0 aliphatic heterocycles. The Morgan fingerprint density at radius 2 is 2.05 bits per heavy atom. The molecule has 1 aromatic heterocycles. The Morgan fingerprint density at radius 3 is 2.67 bits per heavy atom. The number of nitriles is 1. The maximum atomic E-state index is 8.89. The molecule has 0 amide bonds. The lowest BCUT2D eigenvalue weighted by atomic mass is 10.1. The van der Waals surface area contributed by atoms with Crippen LogP contribution in [0.3, 0.4) is 0 Å². The van der Waals surface area contributed by atoms with Crippen molar-refractivity contribution in [2.45, 2.75) is 19.8 Å². The predicted molar refractivity (Wildman–Crippen MR) is 82.9 cm³/mol. The zero-order valence-corrected chi connectivity index (χ0v) is 12.0. The Hall–Kier alpha value is -2.65. The van der Waals surface area contributed by atoms with E-state index in [2.05, 4.69) is 21.5 Å². The number of anilines is 3. The van der Waals surface area contributed by atoms with Crippen molar-refractivity contribution in [3.8, 4) is 6.07 Å². The van der Waals surface area contributed by atoms with E-state index < -0.39 is 0 Å². The fourth-order valence-electron chi connectivity index (χ4n) is 2.21. The highest BCUT2D eigenvalue weighted by Gasteiger charge is 2.17. The third-order valence-corrected chi connectivity index (χ3v) is 3.18. The van der Waals surface area contributed by atoms with E-state index in [0.29, 0.717) is 18.8 Å². The first-order valence-electron chi connectivity index (χ1n) is 6.81. The first kappa shape index (κ1) is 14.8. The van der Waals surface area contributed by atoms with Crippen LogP contribution in [-0.4, -0.2) is 16.5 Å². The molecule has 6 nitrogen and oxygen atoms in total. The topological polar surface area (TPSA) is 90.9 Å². The van der Waals surface area contributed by atoms with Gasteiger partial charge in [-0.1, -0.05) is 25.1 Å². The summed E-state index contributed by atoms with van der Waals surface area (Å²) in [5, 5.41) is 8.89. The van der Waals surface area contributed by atoms with Crippen LogP contribution in [0.2, 0.25) is 0 Å². The second kappa shape index (κ2) is 7.22. The quantitative estimate of drug-likeness (QED) is 0.624. The Bertz CT molecular complexity index is 620. The molecular weight excluding hydrogens is 264 g/mol. The standard InChI is InChI=1S/C15H18N6/c1-2-13-14(20-17)18-11-19-15(13)21(10-6-9-16)12-7-4-3-5-8-12/h3-5,7-8,11H,2,6,10,17H2,1H3,(H,18,19,20). The van der Waals surface area contributed by atoms with Crippen molar-refractivity contribution < 1.29 is 0 Å². The zero-order valence-electron chi connectivity index (χ0n) is 12.0. The Labute approximate surface area is 124 Å². The minimum Gasteiger partial charge on any atom is -0.325 e. The number of para-hydroxylation sites is 1. The van der Waals surface area contributed by atoms with Crippen LogP contribution in [0.5, 0.6) is 0 Å². The summed E-state index contributed by atoms with van der Waals surface area (Å²) in [5.41, 5.74) is 4.53. The Kier molecular flexibility index (Phi) is 5.07. The van der Waals surface area contributed by atoms with Crippen molar-refractivity contribution in [2.24, 2.45) is 5.84 Å². The minimum atomic E-state index is 0.410. The molecule has 1 aromatic carbocycles. The molecule has 0 bridgehead atoms. The molecule has 2 rings (SSSR count). The highest BCUT2D eigenvalue weighted by atomic mass is 15.3. The summed E-state index contributed by atoms with van der Waals surface area (Å²) in [6, 6.07) is 12.0. The van der Waals surface area contributed by atoms with Crippen LogP contribution >= 0.6 is 0 Å². The van der Waals surface area contributed by atoms with E-state index in [0.717, 1.165) is 23.5 Å². The lowest BCUT2D eigenvalue weighted by Gasteiger charge is -2.25. The van der Waals surface area contributed by atoms with Gasteiger partial charge in [0.1, 0.15) is 18.0 Å². The highest BCUT2D eigenvalue weighted by Crippen LogP contribution is 2.29. The Balaban J connectivity index is 2.49. The SMILES string of the molecule is CCc1c(NN)ncnc1N(CCC#N)c1ccccc1. The molecule has 0 aliphatic carbocycles. The van der Waals surface area contributed by atoms with Gasteiger partial charge in [-0.2, -0.15) is 5.26 Å². The van der Waals surface area contributed by atoms with Gasteiger partial charge in [0, 0.05) is 17.8 Å². The first-order chi connectivity index (χ1) is 10.3. The van der Waals surface area contributed by atoms with E-state index in [-0.39, 0.29) is 0 Å². The van der Waals surface area contributed by atoms with Crippen LogP contribution in [0.25, 0.3) is 0 Å². The fourth-order valence-corrected chi connectivity index (χ4v) is 2.21. The van der Waals surface area contributed by atoms with Gasteiger partial charge >= 0.3 is 0 Å². The molecule has 2 aromatic rings. The van der Waals surface area contributed by atoms with Crippen molar-refractivity contribution in [1.29, 1.82) is 5.26 Å². The molecule has 1 heterocycles. The van der Waals surface area contributed by atoms with Gasteiger partial charge in [0.15, 0.2) is 0 Å². The normalized spacial score (nSPS) is 9.95. The molecule has 108 valence electrons. The number of hydrogen-bond donors (Lipinski definition) is 2. The van der Waals surface area contributed by atoms with E-state index in [1.807, 2.05) is 42.2 Å². The summed E-state index contributed by atoms with van der Waals surface area (Å²) in [6.45, 7) is 2.59. The van der Waals surface area contributed by atoms with Crippen LogP contribution in [0.15, 0.2) is 36.7 Å². The van der Waals surface area contributed by atoms with E-state index in [1.54, 1.807) is 0 Å². The fraction of sp³-hybridized carbons (Fsp3) is 0.267. The van der Waals surface area contributed by atoms with Gasteiger partial charge in [-0.3, -0.25) is 0 Å². The van der Waals surface area contributed by atoms with Gasteiger partial charge in [0.05, 0.1) is 12.5 Å². The number of hydrazine groups is 1. The molecule has 0 unspecified atom stereocenters. The second-order valence-corrected chi connectivity index (χ2v) is 4.42. The maximum Gasteiger partial charge on any atom is 0.148 e. The summed E-state index contributed by atoms with van der Waals surface area (Å²) in [6.07, 6.45) is 2.63. The van der Waals surface area contributed by atoms with Crippen LogP contribution in [0, 0.1) is 11.3 Å². The lowest BCUT2D eigenvalue weighted by Crippen LogP contribution is -2.22. The van der Waals surface area contributed by atoms with E-state index in [4.69, 9.17) is 11.1 Å². The van der Waals surface area contributed by atoms with Crippen molar-refractivity contribution >= 4 is 17.3 Å². The molecule has 0 atom stereocenters. The summed E-state index contributed by atoms with van der Waals surface area (Å²) >= 11 is 0. The zero-order chi connectivity index (χ0) is 15.1. The van der Waals surface area contributed by atoms with Crippen molar-refractivity contribution in [3.05, 3.63) is 42.2 Å². The van der Waals surface area contributed by atoms with Crippen LogP contribution in [-0.2, 0) is 6.42 Å². The van der Waals surface area contributed by atoms with E-state index in [9.17, 15) is 0 Å². The monoisotopic (exact) mass is 282 g/mol. The van der Waals surface area contributed by atoms with Gasteiger partial charge in [-0.25, -0.2) is 15.8 Å². The minimum absolute atomic E-state index is 0.410. The number of nitrogens with zero attached hydrogens (tertiary/aromatic N) is 4. The van der Waals surface area contributed by atoms with Crippen molar-refractivity contribution in [1.82, 2.24) is 9.97 Å². The Morgan fingerprint density at radius 1 is 1.29 bits per heavy atom. The molecular formula is C15H18N6. The first-order valence-corrected chi connectivity index (χ1v) is 6.81. The molecule has 0 spiro atoms. The average Bonchev–Trinajstić information content (AvgIpc) is 2.55. The largest absolute Gasteiger partial charge is 0.325 e. The summed E-state index contributed by atoms with van der Waals surface area (Å²) in [5.74, 6) is 6.91. The lowest BCUT2D eigenvalue weighted by molar-refractivity contribution is 0.898. The number of benzene rings is 1. The van der Waals surface area contributed by atoms with Gasteiger partial charge in [0.25, 0.3) is 0 Å². The third kappa shape index (κ3) is 3.27. The molecule has 0 saturated heterocycles. The number of rotatable bonds is 6. The predicted octanol–water partition coefficient (Wildman–Crippen LogP) is 2.38. The smallest absolute Gasteiger partial charge is 0.148 e. The molecule has 0 aliphatic rings.